The highest BCUT2D eigenvalue weighted by Gasteiger charge is 2.35. The SMILES string of the molecule is O=C1N(c2ccnnc2)Cc2cnc(NCC(F)(F)F)nc2N1c1ccc(OC(F)F)cc1. The van der Waals surface area contributed by atoms with Gasteiger partial charge < -0.3 is 10.1 Å². The van der Waals surface area contributed by atoms with Gasteiger partial charge in [-0.25, -0.2) is 14.7 Å². The first-order chi connectivity index (χ1) is 15.7. The second-order valence-electron chi connectivity index (χ2n) is 6.69. The molecule has 0 bridgehead atoms. The Labute approximate surface area is 182 Å². The molecule has 9 nitrogen and oxygen atoms in total. The highest BCUT2D eigenvalue weighted by molar-refractivity contribution is 6.10. The fraction of sp³-hybridized carbons (Fsp3) is 0.211. The second-order valence-corrected chi connectivity index (χ2v) is 6.69. The van der Waals surface area contributed by atoms with Gasteiger partial charge in [0.05, 0.1) is 30.3 Å². The van der Waals surface area contributed by atoms with Gasteiger partial charge in [0.15, 0.2) is 5.82 Å². The predicted molar refractivity (Wildman–Crippen MR) is 105 cm³/mol. The molecule has 0 saturated heterocycles. The molecule has 14 heteroatoms. The van der Waals surface area contributed by atoms with E-state index in [1.54, 1.807) is 6.07 Å². The first-order valence-corrected chi connectivity index (χ1v) is 9.31. The number of fused-ring (bicyclic) bond motifs is 1. The topological polar surface area (TPSA) is 96.4 Å². The number of nitrogens with zero attached hydrogens (tertiary/aromatic N) is 6. The summed E-state index contributed by atoms with van der Waals surface area (Å²) < 4.78 is 67.0. The maximum Gasteiger partial charge on any atom is 0.405 e. The van der Waals surface area contributed by atoms with Crippen LogP contribution in [0.5, 0.6) is 5.75 Å². The number of hydrogen-bond donors (Lipinski definition) is 1. The van der Waals surface area contributed by atoms with Gasteiger partial charge in [-0.1, -0.05) is 0 Å². The number of hydrogen-bond acceptors (Lipinski definition) is 7. The van der Waals surface area contributed by atoms with Crippen LogP contribution in [0.3, 0.4) is 0 Å². The number of carbonyl (C=O) groups is 1. The van der Waals surface area contributed by atoms with E-state index in [2.05, 4.69) is 30.2 Å². The minimum absolute atomic E-state index is 0.0164. The number of alkyl halides is 5. The summed E-state index contributed by atoms with van der Waals surface area (Å²) in [5.74, 6) is -0.426. The third-order valence-corrected chi connectivity index (χ3v) is 4.45. The highest BCUT2D eigenvalue weighted by Crippen LogP contribution is 2.36. The maximum atomic E-state index is 13.4. The summed E-state index contributed by atoms with van der Waals surface area (Å²) >= 11 is 0. The molecular formula is C19H14F5N7O2. The van der Waals surface area contributed by atoms with Crippen LogP contribution >= 0.6 is 0 Å². The van der Waals surface area contributed by atoms with E-state index in [1.807, 2.05) is 0 Å². The van der Waals surface area contributed by atoms with E-state index in [-0.39, 0.29) is 29.7 Å². The lowest BCUT2D eigenvalue weighted by atomic mass is 10.1. The van der Waals surface area contributed by atoms with Gasteiger partial charge in [0.2, 0.25) is 5.95 Å². The van der Waals surface area contributed by atoms with Crippen LogP contribution in [-0.4, -0.2) is 45.5 Å². The van der Waals surface area contributed by atoms with Crippen molar-refractivity contribution in [3.63, 3.8) is 0 Å². The van der Waals surface area contributed by atoms with Crippen molar-refractivity contribution in [3.8, 4) is 5.75 Å². The first kappa shape index (κ1) is 22.1. The molecule has 0 atom stereocenters. The van der Waals surface area contributed by atoms with Crippen molar-refractivity contribution >= 4 is 29.2 Å². The molecule has 33 heavy (non-hydrogen) atoms. The van der Waals surface area contributed by atoms with Crippen LogP contribution in [0.2, 0.25) is 0 Å². The number of nitrogens with one attached hydrogen (secondary N) is 1. The molecular weight excluding hydrogens is 453 g/mol. The molecule has 0 saturated carbocycles. The molecule has 0 fully saturated rings. The van der Waals surface area contributed by atoms with E-state index in [0.29, 0.717) is 11.3 Å². The number of benzene rings is 1. The van der Waals surface area contributed by atoms with Crippen LogP contribution in [0, 0.1) is 0 Å². The number of aromatic nitrogens is 4. The van der Waals surface area contributed by atoms with Crippen molar-refractivity contribution in [1.29, 1.82) is 0 Å². The van der Waals surface area contributed by atoms with Crippen molar-refractivity contribution < 1.29 is 31.5 Å². The lowest BCUT2D eigenvalue weighted by molar-refractivity contribution is -0.115. The molecule has 0 spiro atoms. The van der Waals surface area contributed by atoms with Gasteiger partial charge >= 0.3 is 18.8 Å². The van der Waals surface area contributed by atoms with E-state index >= 15 is 0 Å². The number of halogens is 5. The molecule has 2 aromatic heterocycles. The zero-order valence-corrected chi connectivity index (χ0v) is 16.5. The number of ether oxygens (including phenoxy) is 1. The third kappa shape index (κ3) is 5.05. The minimum atomic E-state index is -4.50. The van der Waals surface area contributed by atoms with Gasteiger partial charge in [-0.15, -0.1) is 0 Å². The number of carbonyl (C=O) groups excluding carboxylic acids is 1. The van der Waals surface area contributed by atoms with Gasteiger partial charge in [0.25, 0.3) is 0 Å². The number of rotatable bonds is 6. The largest absolute Gasteiger partial charge is 0.435 e. The molecule has 4 rings (SSSR count). The van der Waals surface area contributed by atoms with Crippen molar-refractivity contribution in [2.75, 3.05) is 21.7 Å². The van der Waals surface area contributed by atoms with Crippen LogP contribution in [-0.2, 0) is 6.54 Å². The van der Waals surface area contributed by atoms with E-state index in [9.17, 15) is 26.7 Å². The van der Waals surface area contributed by atoms with Crippen LogP contribution < -0.4 is 19.9 Å². The van der Waals surface area contributed by atoms with Gasteiger partial charge in [0, 0.05) is 11.8 Å². The number of anilines is 4. The quantitative estimate of drug-likeness (QED) is 0.545. The Morgan fingerprint density at radius 1 is 1.06 bits per heavy atom. The predicted octanol–water partition coefficient (Wildman–Crippen LogP) is 4.12. The van der Waals surface area contributed by atoms with Gasteiger partial charge in [0.1, 0.15) is 12.3 Å². The Balaban J connectivity index is 1.74. The molecule has 0 unspecified atom stereocenters. The van der Waals surface area contributed by atoms with Gasteiger partial charge in [-0.2, -0.15) is 37.1 Å². The van der Waals surface area contributed by atoms with Crippen LogP contribution in [0.15, 0.2) is 48.9 Å². The Hall–Kier alpha value is -4.10. The third-order valence-electron chi connectivity index (χ3n) is 4.45. The van der Waals surface area contributed by atoms with Crippen LogP contribution in [0.4, 0.5) is 49.9 Å². The molecule has 172 valence electrons. The molecule has 1 aliphatic rings. The molecule has 3 aromatic rings. The fourth-order valence-corrected chi connectivity index (χ4v) is 3.07. The average Bonchev–Trinajstić information content (AvgIpc) is 2.78. The Morgan fingerprint density at radius 2 is 1.82 bits per heavy atom. The molecule has 2 amide bonds. The van der Waals surface area contributed by atoms with E-state index < -0.39 is 25.4 Å². The Bertz CT molecular complexity index is 1130. The zero-order valence-electron chi connectivity index (χ0n) is 16.5. The van der Waals surface area contributed by atoms with Crippen LogP contribution in [0.25, 0.3) is 0 Å². The number of amides is 2. The van der Waals surface area contributed by atoms with E-state index in [1.165, 1.54) is 47.8 Å². The van der Waals surface area contributed by atoms with Crippen LogP contribution in [0.1, 0.15) is 5.56 Å². The zero-order chi connectivity index (χ0) is 23.6. The lowest BCUT2D eigenvalue weighted by Gasteiger charge is -2.35. The smallest absolute Gasteiger partial charge is 0.405 e. The highest BCUT2D eigenvalue weighted by atomic mass is 19.4. The van der Waals surface area contributed by atoms with Crippen molar-refractivity contribution in [1.82, 2.24) is 20.2 Å². The van der Waals surface area contributed by atoms with Crippen molar-refractivity contribution in [3.05, 3.63) is 54.5 Å². The first-order valence-electron chi connectivity index (χ1n) is 9.31. The van der Waals surface area contributed by atoms with Gasteiger partial charge in [-0.05, 0) is 30.3 Å². The molecule has 1 aliphatic heterocycles. The summed E-state index contributed by atoms with van der Waals surface area (Å²) in [7, 11) is 0. The molecule has 1 aromatic carbocycles. The minimum Gasteiger partial charge on any atom is -0.435 e. The normalized spacial score (nSPS) is 13.8. The van der Waals surface area contributed by atoms with E-state index in [0.717, 1.165) is 4.90 Å². The lowest BCUT2D eigenvalue weighted by Crippen LogP contribution is -2.45. The summed E-state index contributed by atoms with van der Waals surface area (Å²) in [5, 5.41) is 9.50. The Morgan fingerprint density at radius 3 is 2.45 bits per heavy atom. The van der Waals surface area contributed by atoms with E-state index in [4.69, 9.17) is 0 Å². The standard InChI is InChI=1S/C19H14F5N7O2/c20-16(21)33-14-3-1-12(2-4-14)31-15-11(7-25-17(29-15)26-10-19(22,23)24)9-30(18(31)32)13-5-6-27-28-8-13/h1-8,16H,9-10H2,(H,25,26,29). The molecule has 1 N–H and O–H groups in total. The number of urea groups is 1. The Kier molecular flexibility index (Phi) is 5.89. The molecule has 0 aliphatic carbocycles. The fourth-order valence-electron chi connectivity index (χ4n) is 3.07. The molecule has 3 heterocycles. The average molecular weight is 467 g/mol. The summed E-state index contributed by atoms with van der Waals surface area (Å²) in [4.78, 5) is 23.8. The summed E-state index contributed by atoms with van der Waals surface area (Å²) in [6, 6.07) is 6.10. The summed E-state index contributed by atoms with van der Waals surface area (Å²) in [6.07, 6.45) is -0.447. The molecule has 0 radical (unpaired) electrons. The van der Waals surface area contributed by atoms with Crippen molar-refractivity contribution in [2.24, 2.45) is 0 Å². The van der Waals surface area contributed by atoms with Gasteiger partial charge in [-0.3, -0.25) is 4.90 Å². The maximum absolute atomic E-state index is 13.4. The van der Waals surface area contributed by atoms with Crippen molar-refractivity contribution in [2.45, 2.75) is 19.3 Å². The summed E-state index contributed by atoms with van der Waals surface area (Å²) in [6.45, 7) is -4.38. The summed E-state index contributed by atoms with van der Waals surface area (Å²) in [5.41, 5.74) is 1.05. The monoisotopic (exact) mass is 467 g/mol. The second kappa shape index (κ2) is 8.80.